The Morgan fingerprint density at radius 2 is 0.714 bits per heavy atom. The van der Waals surface area contributed by atoms with Crippen LogP contribution in [0, 0.1) is 0 Å². The van der Waals surface area contributed by atoms with Gasteiger partial charge >= 0.3 is 0 Å². The number of epoxide rings is 5. The lowest BCUT2D eigenvalue weighted by atomic mass is 9.68. The normalized spacial score (nSPS) is 22.2. The van der Waals surface area contributed by atoms with Gasteiger partial charge in [-0.25, -0.2) is 0 Å². The first-order valence-electron chi connectivity index (χ1n) is 22.4. The van der Waals surface area contributed by atoms with E-state index in [0.717, 1.165) is 75.3 Å². The number of aliphatic hydroxyl groups excluding tert-OH is 1. The third-order valence-corrected chi connectivity index (χ3v) is 12.7. The maximum absolute atomic E-state index is 9.41. The summed E-state index contributed by atoms with van der Waals surface area (Å²) in [7, 11) is 0. The summed E-state index contributed by atoms with van der Waals surface area (Å²) in [5, 5.41) is 9.41. The van der Waals surface area contributed by atoms with Crippen LogP contribution >= 0.6 is 0 Å². The smallest absolute Gasteiger partial charge is 0.127 e. The van der Waals surface area contributed by atoms with Crippen molar-refractivity contribution in [1.29, 1.82) is 0 Å². The first-order valence-corrected chi connectivity index (χ1v) is 22.4. The SMILES string of the molecule is CC(C)(c1cc(C(C)(C)c2ccc(OCC3CO3)cc2OCC2CO2)cc(C(C)(C)c2ccc(OCC3CO3)cc2OCC2CO2)c1)c1ccc(OCCCO)cc1OCC1CO1. The van der Waals surface area contributed by atoms with E-state index in [2.05, 4.69) is 77.9 Å². The molecule has 4 aromatic rings. The topological polar surface area (TPSA) is 138 Å². The Labute approximate surface area is 370 Å². The van der Waals surface area contributed by atoms with Gasteiger partial charge in [0.25, 0.3) is 0 Å². The van der Waals surface area contributed by atoms with Gasteiger partial charge < -0.3 is 57.2 Å². The third kappa shape index (κ3) is 10.9. The lowest BCUT2D eigenvalue weighted by Gasteiger charge is -2.36. The minimum absolute atomic E-state index is 0.0610. The summed E-state index contributed by atoms with van der Waals surface area (Å²) in [4.78, 5) is 0. The number of benzene rings is 4. The van der Waals surface area contributed by atoms with Crippen LogP contribution in [0.3, 0.4) is 0 Å². The average molecular weight is 867 g/mol. The van der Waals surface area contributed by atoms with Crippen molar-refractivity contribution >= 4 is 0 Å². The maximum atomic E-state index is 9.41. The van der Waals surface area contributed by atoms with E-state index in [1.165, 1.54) is 0 Å². The molecular formula is C51H62O12. The van der Waals surface area contributed by atoms with Gasteiger partial charge in [0.1, 0.15) is 98.1 Å². The molecule has 5 unspecified atom stereocenters. The average Bonchev–Trinajstić information content (AvgIpc) is 4.07. The lowest BCUT2D eigenvalue weighted by Crippen LogP contribution is -2.28. The number of rotatable bonds is 25. The predicted octanol–water partition coefficient (Wildman–Crippen LogP) is 7.31. The van der Waals surface area contributed by atoms with Gasteiger partial charge in [0, 0.05) is 64.2 Å². The molecule has 5 saturated heterocycles. The van der Waals surface area contributed by atoms with Crippen molar-refractivity contribution < 1.29 is 57.2 Å². The molecule has 5 aliphatic rings. The third-order valence-electron chi connectivity index (χ3n) is 12.7. The van der Waals surface area contributed by atoms with Gasteiger partial charge in [-0.3, -0.25) is 0 Å². The number of hydrogen-bond donors (Lipinski definition) is 1. The molecule has 63 heavy (non-hydrogen) atoms. The molecule has 9 rings (SSSR count). The Kier molecular flexibility index (Phi) is 12.6. The van der Waals surface area contributed by atoms with Crippen LogP contribution in [0.4, 0.5) is 0 Å². The predicted molar refractivity (Wildman–Crippen MR) is 236 cm³/mol. The minimum atomic E-state index is -0.559. The molecule has 0 spiro atoms. The van der Waals surface area contributed by atoms with E-state index in [0.29, 0.717) is 71.6 Å². The standard InChI is InChI=1S/C51H62O12/c1-49(2,43-11-8-35(53-15-7-14-52)19-46(43)61-29-40-26-58-40)32-16-33(50(3,4)44-12-9-36(54-22-38-24-56-38)20-47(44)62-30-41-27-59-41)18-34(17-32)51(5,6)45-13-10-37(55-23-39-25-57-39)21-48(45)63-31-42-28-60-42/h8-13,16-21,38-42,52H,7,14-15,22-31H2,1-6H3. The Morgan fingerprint density at radius 1 is 0.429 bits per heavy atom. The highest BCUT2D eigenvalue weighted by molar-refractivity contribution is 5.57. The Bertz CT molecular complexity index is 2100. The van der Waals surface area contributed by atoms with E-state index in [9.17, 15) is 5.11 Å². The van der Waals surface area contributed by atoms with E-state index in [4.69, 9.17) is 52.1 Å². The summed E-state index contributed by atoms with van der Waals surface area (Å²) >= 11 is 0. The molecule has 0 amide bonds. The minimum Gasteiger partial charge on any atom is -0.493 e. The van der Waals surface area contributed by atoms with Crippen molar-refractivity contribution in [2.75, 3.05) is 79.3 Å². The molecule has 0 aliphatic carbocycles. The molecule has 1 N–H and O–H groups in total. The van der Waals surface area contributed by atoms with E-state index < -0.39 is 16.2 Å². The summed E-state index contributed by atoms with van der Waals surface area (Å²) in [6.07, 6.45) is 1.04. The molecule has 0 aromatic heterocycles. The van der Waals surface area contributed by atoms with Crippen molar-refractivity contribution in [2.45, 2.75) is 94.7 Å². The molecule has 12 heteroatoms. The fourth-order valence-corrected chi connectivity index (χ4v) is 7.86. The van der Waals surface area contributed by atoms with Crippen LogP contribution in [0.1, 0.15) is 81.3 Å². The Balaban J connectivity index is 1.14. The zero-order valence-electron chi connectivity index (χ0n) is 37.4. The Morgan fingerprint density at radius 3 is 1.00 bits per heavy atom. The van der Waals surface area contributed by atoms with Crippen molar-refractivity contribution in [3.63, 3.8) is 0 Å². The van der Waals surface area contributed by atoms with Crippen LogP contribution in [-0.4, -0.2) is 115 Å². The van der Waals surface area contributed by atoms with E-state index >= 15 is 0 Å². The number of hydrogen-bond acceptors (Lipinski definition) is 12. The van der Waals surface area contributed by atoms with Gasteiger partial charge in [-0.15, -0.1) is 0 Å². The monoisotopic (exact) mass is 866 g/mol. The first-order chi connectivity index (χ1) is 30.4. The highest BCUT2D eigenvalue weighted by Crippen LogP contribution is 2.48. The highest BCUT2D eigenvalue weighted by Gasteiger charge is 2.38. The Hall–Kier alpha value is -4.56. The molecule has 5 fully saturated rings. The van der Waals surface area contributed by atoms with Gasteiger partial charge in [-0.1, -0.05) is 77.9 Å². The largest absolute Gasteiger partial charge is 0.493 e. The van der Waals surface area contributed by atoms with Crippen LogP contribution in [0.15, 0.2) is 72.8 Å². The van der Waals surface area contributed by atoms with Crippen LogP contribution in [-0.2, 0) is 39.9 Å². The second-order valence-corrected chi connectivity index (χ2v) is 18.9. The molecule has 5 atom stereocenters. The summed E-state index contributed by atoms with van der Waals surface area (Å²) in [6, 6.07) is 25.4. The summed E-state index contributed by atoms with van der Waals surface area (Å²) in [6.45, 7) is 19.9. The van der Waals surface area contributed by atoms with Crippen molar-refractivity contribution in [1.82, 2.24) is 0 Å². The van der Waals surface area contributed by atoms with Gasteiger partial charge in [-0.2, -0.15) is 0 Å². The molecule has 0 saturated carbocycles. The molecule has 12 nitrogen and oxygen atoms in total. The van der Waals surface area contributed by atoms with Gasteiger partial charge in [0.2, 0.25) is 0 Å². The molecule has 5 aliphatic heterocycles. The molecular weight excluding hydrogens is 805 g/mol. The highest BCUT2D eigenvalue weighted by atomic mass is 16.6. The van der Waals surface area contributed by atoms with E-state index in [1.54, 1.807) is 0 Å². The van der Waals surface area contributed by atoms with Crippen LogP contribution < -0.4 is 28.4 Å². The summed E-state index contributed by atoms with van der Waals surface area (Å²) in [5.41, 5.74) is 4.75. The summed E-state index contributed by atoms with van der Waals surface area (Å²) in [5.74, 6) is 4.42. The van der Waals surface area contributed by atoms with Crippen molar-refractivity contribution in [3.8, 4) is 34.5 Å². The summed E-state index contributed by atoms with van der Waals surface area (Å²) < 4.78 is 65.5. The van der Waals surface area contributed by atoms with Gasteiger partial charge in [0.15, 0.2) is 0 Å². The zero-order chi connectivity index (χ0) is 43.8. The van der Waals surface area contributed by atoms with Crippen molar-refractivity contribution in [3.05, 3.63) is 106 Å². The quantitative estimate of drug-likeness (QED) is 0.0528. The lowest BCUT2D eigenvalue weighted by molar-refractivity contribution is 0.231. The molecule has 0 bridgehead atoms. The molecule has 0 radical (unpaired) electrons. The van der Waals surface area contributed by atoms with Crippen LogP contribution in [0.25, 0.3) is 0 Å². The number of aliphatic hydroxyl groups is 1. The number of ether oxygens (including phenoxy) is 11. The molecule has 4 aromatic carbocycles. The second kappa shape index (κ2) is 18.1. The second-order valence-electron chi connectivity index (χ2n) is 18.9. The molecule has 338 valence electrons. The first kappa shape index (κ1) is 43.7. The van der Waals surface area contributed by atoms with E-state index in [1.807, 2.05) is 36.4 Å². The van der Waals surface area contributed by atoms with Crippen LogP contribution in [0.5, 0.6) is 34.5 Å². The maximum Gasteiger partial charge on any atom is 0.127 e. The van der Waals surface area contributed by atoms with Gasteiger partial charge in [0.05, 0.1) is 39.6 Å². The van der Waals surface area contributed by atoms with Crippen LogP contribution in [0.2, 0.25) is 0 Å². The zero-order valence-corrected chi connectivity index (χ0v) is 37.4. The van der Waals surface area contributed by atoms with Crippen molar-refractivity contribution in [2.24, 2.45) is 0 Å². The van der Waals surface area contributed by atoms with E-state index in [-0.39, 0.29) is 37.1 Å². The fourth-order valence-electron chi connectivity index (χ4n) is 7.86. The fraction of sp³-hybridized carbons (Fsp3) is 0.529. The van der Waals surface area contributed by atoms with Gasteiger partial charge in [-0.05, 0) is 34.9 Å². The molecule has 5 heterocycles.